The molecule has 204 valence electrons. The number of aliphatic hydroxyl groups is 1. The molecule has 38 heavy (non-hydrogen) atoms. The van der Waals surface area contributed by atoms with Crippen LogP contribution in [0.1, 0.15) is 48.1 Å². The Balaban J connectivity index is 1.77. The smallest absolute Gasteiger partial charge is 0.295 e. The molecule has 2 aromatic carbocycles. The average molecular weight is 523 g/mol. The van der Waals surface area contributed by atoms with Gasteiger partial charge in [0.1, 0.15) is 5.76 Å². The summed E-state index contributed by atoms with van der Waals surface area (Å²) in [4.78, 5) is 30.6. The van der Waals surface area contributed by atoms with Crippen molar-refractivity contribution in [3.8, 4) is 11.5 Å². The van der Waals surface area contributed by atoms with Crippen LogP contribution < -0.4 is 9.47 Å². The lowest BCUT2D eigenvalue weighted by molar-refractivity contribution is -0.140. The molecule has 0 spiro atoms. The number of hydrogen-bond donors (Lipinski definition) is 1. The van der Waals surface area contributed by atoms with Crippen molar-refractivity contribution < 1.29 is 28.9 Å². The number of aryl methyl sites for hydroxylation is 2. The zero-order valence-electron chi connectivity index (χ0n) is 22.8. The number of carbonyl (C=O) groups is 2. The molecule has 2 heterocycles. The van der Waals surface area contributed by atoms with E-state index in [0.29, 0.717) is 55.5 Å². The van der Waals surface area contributed by atoms with Crippen LogP contribution >= 0.6 is 0 Å². The summed E-state index contributed by atoms with van der Waals surface area (Å²) < 4.78 is 17.0. The van der Waals surface area contributed by atoms with Gasteiger partial charge in [-0.3, -0.25) is 14.5 Å². The van der Waals surface area contributed by atoms with Crippen molar-refractivity contribution in [1.29, 1.82) is 0 Å². The highest BCUT2D eigenvalue weighted by Crippen LogP contribution is 2.42. The normalized spacial score (nSPS) is 19.7. The van der Waals surface area contributed by atoms with Crippen molar-refractivity contribution in [2.45, 2.75) is 39.7 Å². The molecule has 8 heteroatoms. The van der Waals surface area contributed by atoms with Crippen molar-refractivity contribution in [2.24, 2.45) is 0 Å². The summed E-state index contributed by atoms with van der Waals surface area (Å²) in [7, 11) is 1.57. The van der Waals surface area contributed by atoms with Crippen molar-refractivity contribution in [3.05, 3.63) is 64.2 Å². The van der Waals surface area contributed by atoms with Crippen LogP contribution in [0.3, 0.4) is 0 Å². The van der Waals surface area contributed by atoms with Gasteiger partial charge in [0.2, 0.25) is 0 Å². The van der Waals surface area contributed by atoms with E-state index in [4.69, 9.17) is 14.2 Å². The zero-order chi connectivity index (χ0) is 27.2. The number of benzene rings is 2. The minimum Gasteiger partial charge on any atom is -0.507 e. The Morgan fingerprint density at radius 3 is 2.53 bits per heavy atom. The first-order valence-electron chi connectivity index (χ1n) is 13.3. The SMILES string of the molecule is CCCCOc1ccc(C2C(=C(O)c3cc(C)ccc3C)C(=O)C(=O)N2CCN2CCOCC2)cc1OC. The van der Waals surface area contributed by atoms with Gasteiger partial charge in [0, 0.05) is 31.7 Å². The van der Waals surface area contributed by atoms with Crippen molar-refractivity contribution in [1.82, 2.24) is 9.80 Å². The summed E-state index contributed by atoms with van der Waals surface area (Å²) >= 11 is 0. The number of unbranched alkanes of at least 4 members (excludes halogenated alkanes) is 1. The number of ether oxygens (including phenoxy) is 3. The monoisotopic (exact) mass is 522 g/mol. The first-order chi connectivity index (χ1) is 18.3. The van der Waals surface area contributed by atoms with Crippen LogP contribution in [0.2, 0.25) is 0 Å². The summed E-state index contributed by atoms with van der Waals surface area (Å²) in [6, 6.07) is 10.4. The van der Waals surface area contributed by atoms with Crippen LogP contribution in [-0.4, -0.2) is 79.7 Å². The molecule has 0 bridgehead atoms. The molecule has 1 unspecified atom stereocenters. The van der Waals surface area contributed by atoms with E-state index >= 15 is 0 Å². The number of methoxy groups -OCH3 is 1. The molecular formula is C30H38N2O6. The van der Waals surface area contributed by atoms with Crippen LogP contribution in [0.4, 0.5) is 0 Å². The number of amides is 1. The Bertz CT molecular complexity index is 1200. The van der Waals surface area contributed by atoms with Gasteiger partial charge in [-0.2, -0.15) is 0 Å². The number of morpholine rings is 1. The van der Waals surface area contributed by atoms with Gasteiger partial charge in [-0.05, 0) is 49.6 Å². The molecule has 2 aliphatic rings. The maximum absolute atomic E-state index is 13.5. The minimum absolute atomic E-state index is 0.0902. The zero-order valence-corrected chi connectivity index (χ0v) is 22.8. The van der Waals surface area contributed by atoms with Gasteiger partial charge in [0.15, 0.2) is 11.5 Å². The number of aliphatic hydroxyl groups excluding tert-OH is 1. The lowest BCUT2D eigenvalue weighted by Gasteiger charge is -2.31. The third-order valence-electron chi connectivity index (χ3n) is 7.21. The highest BCUT2D eigenvalue weighted by molar-refractivity contribution is 6.46. The van der Waals surface area contributed by atoms with Crippen LogP contribution in [0.25, 0.3) is 5.76 Å². The number of carbonyl (C=O) groups excluding carboxylic acids is 2. The van der Waals surface area contributed by atoms with Crippen molar-refractivity contribution in [2.75, 3.05) is 53.1 Å². The van der Waals surface area contributed by atoms with E-state index in [9.17, 15) is 14.7 Å². The molecule has 8 nitrogen and oxygen atoms in total. The van der Waals surface area contributed by atoms with Crippen molar-refractivity contribution >= 4 is 17.4 Å². The summed E-state index contributed by atoms with van der Waals surface area (Å²) in [5.74, 6) is -0.339. The Kier molecular flexibility index (Phi) is 9.07. The third kappa shape index (κ3) is 5.87. The number of hydrogen-bond acceptors (Lipinski definition) is 7. The molecule has 0 saturated carbocycles. The van der Waals surface area contributed by atoms with Gasteiger partial charge < -0.3 is 24.2 Å². The molecule has 2 fully saturated rings. The Morgan fingerprint density at radius 2 is 1.82 bits per heavy atom. The van der Waals surface area contributed by atoms with Crippen LogP contribution in [-0.2, 0) is 14.3 Å². The van der Waals surface area contributed by atoms with Crippen LogP contribution in [0.5, 0.6) is 11.5 Å². The standard InChI is InChI=1S/C30H38N2O6/c1-5-6-15-38-24-10-9-22(19-25(24)36-4)27-26(28(33)23-18-20(2)7-8-21(23)3)29(34)30(35)32(27)12-11-31-13-16-37-17-14-31/h7-10,18-19,27,33H,5-6,11-17H2,1-4H3. The summed E-state index contributed by atoms with van der Waals surface area (Å²) in [6.45, 7) is 10.2. The highest BCUT2D eigenvalue weighted by atomic mass is 16.5. The summed E-state index contributed by atoms with van der Waals surface area (Å²) in [5, 5.41) is 11.5. The lowest BCUT2D eigenvalue weighted by Crippen LogP contribution is -2.42. The maximum Gasteiger partial charge on any atom is 0.295 e. The second-order valence-corrected chi connectivity index (χ2v) is 9.88. The number of rotatable bonds is 10. The van der Waals surface area contributed by atoms with Gasteiger partial charge in [0.05, 0.1) is 38.5 Å². The Morgan fingerprint density at radius 1 is 1.05 bits per heavy atom. The minimum atomic E-state index is -0.755. The molecule has 2 saturated heterocycles. The first kappa shape index (κ1) is 27.7. The molecule has 2 aliphatic heterocycles. The molecule has 1 atom stereocenters. The average Bonchev–Trinajstić information content (AvgIpc) is 3.18. The maximum atomic E-state index is 13.5. The number of ketones is 1. The predicted molar refractivity (Wildman–Crippen MR) is 146 cm³/mol. The number of nitrogens with zero attached hydrogens (tertiary/aromatic N) is 2. The van der Waals surface area contributed by atoms with E-state index in [-0.39, 0.29) is 11.3 Å². The fourth-order valence-corrected chi connectivity index (χ4v) is 4.97. The molecule has 4 rings (SSSR count). The largest absolute Gasteiger partial charge is 0.507 e. The Hall–Kier alpha value is -3.36. The summed E-state index contributed by atoms with van der Waals surface area (Å²) in [6.07, 6.45) is 1.93. The first-order valence-corrected chi connectivity index (χ1v) is 13.3. The van der Waals surface area contributed by atoms with Gasteiger partial charge in [-0.25, -0.2) is 0 Å². The van der Waals surface area contributed by atoms with E-state index in [0.717, 1.165) is 37.1 Å². The van der Waals surface area contributed by atoms with E-state index < -0.39 is 17.7 Å². The van der Waals surface area contributed by atoms with Crippen molar-refractivity contribution in [3.63, 3.8) is 0 Å². The highest BCUT2D eigenvalue weighted by Gasteiger charge is 2.46. The fourth-order valence-electron chi connectivity index (χ4n) is 4.97. The van der Waals surface area contributed by atoms with E-state index in [2.05, 4.69) is 11.8 Å². The molecule has 0 aromatic heterocycles. The third-order valence-corrected chi connectivity index (χ3v) is 7.21. The van der Waals surface area contributed by atoms with E-state index in [1.165, 1.54) is 0 Å². The lowest BCUT2D eigenvalue weighted by atomic mass is 9.93. The second kappa shape index (κ2) is 12.5. The quantitative estimate of drug-likeness (QED) is 0.216. The van der Waals surface area contributed by atoms with Gasteiger partial charge in [-0.15, -0.1) is 0 Å². The van der Waals surface area contributed by atoms with Crippen LogP contribution in [0, 0.1) is 13.8 Å². The van der Waals surface area contributed by atoms with E-state index in [1.54, 1.807) is 18.1 Å². The Labute approximate surface area is 224 Å². The van der Waals surface area contributed by atoms with E-state index in [1.807, 2.05) is 44.2 Å². The molecule has 0 radical (unpaired) electrons. The second-order valence-electron chi connectivity index (χ2n) is 9.88. The molecule has 0 aliphatic carbocycles. The van der Waals surface area contributed by atoms with Gasteiger partial charge in [-0.1, -0.05) is 37.1 Å². The molecule has 1 amide bonds. The van der Waals surface area contributed by atoms with Gasteiger partial charge >= 0.3 is 0 Å². The molecule has 1 N–H and O–H groups in total. The number of likely N-dealkylation sites (tertiary alicyclic amines) is 1. The number of Topliss-reactive ketones (excluding diaryl/α,β-unsaturated/α-hetero) is 1. The predicted octanol–water partition coefficient (Wildman–Crippen LogP) is 4.24. The van der Waals surface area contributed by atoms with Crippen LogP contribution in [0.15, 0.2) is 42.0 Å². The molecule has 2 aromatic rings. The molecular weight excluding hydrogens is 484 g/mol. The fraction of sp³-hybridized carbons (Fsp3) is 0.467. The summed E-state index contributed by atoms with van der Waals surface area (Å²) in [5.41, 5.74) is 3.09. The van der Waals surface area contributed by atoms with Gasteiger partial charge in [0.25, 0.3) is 11.7 Å². The topological polar surface area (TPSA) is 88.5 Å².